The van der Waals surface area contributed by atoms with Crippen molar-refractivity contribution < 1.29 is 24.2 Å². The van der Waals surface area contributed by atoms with Gasteiger partial charge in [0, 0.05) is 5.56 Å². The molecule has 1 atom stereocenters. The van der Waals surface area contributed by atoms with Gasteiger partial charge < -0.3 is 9.84 Å². The zero-order valence-corrected chi connectivity index (χ0v) is 9.97. The van der Waals surface area contributed by atoms with Gasteiger partial charge in [-0.2, -0.15) is 0 Å². The first-order valence-electron chi connectivity index (χ1n) is 5.54. The molecule has 1 unspecified atom stereocenters. The third-order valence-corrected chi connectivity index (χ3v) is 2.74. The maximum Gasteiger partial charge on any atom is 0.309 e. The predicted octanol–water partition coefficient (Wildman–Crippen LogP) is 1.34. The van der Waals surface area contributed by atoms with Crippen molar-refractivity contribution in [3.05, 3.63) is 29.3 Å². The number of ether oxygens (including phenoxy) is 1. The van der Waals surface area contributed by atoms with Gasteiger partial charge in [-0.1, -0.05) is 26.0 Å². The SMILES string of the molecule is CC(C)C(=O)OC1C(=O)c2cccc(O)c2C1=O. The molecule has 0 bridgehead atoms. The number of esters is 1. The second kappa shape index (κ2) is 4.25. The largest absolute Gasteiger partial charge is 0.507 e. The monoisotopic (exact) mass is 248 g/mol. The normalized spacial score (nSPS) is 18.1. The standard InChI is InChI=1S/C13H12O5/c1-6(2)13(17)18-12-10(15)7-4-3-5-8(14)9(7)11(12)16/h3-6,12,14H,1-2H3. The van der Waals surface area contributed by atoms with E-state index in [1.54, 1.807) is 13.8 Å². The molecule has 0 heterocycles. The number of fused-ring (bicyclic) bond motifs is 1. The highest BCUT2D eigenvalue weighted by Crippen LogP contribution is 2.31. The minimum absolute atomic E-state index is 0.0657. The maximum atomic E-state index is 11.9. The fourth-order valence-electron chi connectivity index (χ4n) is 1.76. The summed E-state index contributed by atoms with van der Waals surface area (Å²) < 4.78 is 4.89. The molecule has 0 spiro atoms. The molecule has 1 aromatic carbocycles. The topological polar surface area (TPSA) is 80.7 Å². The molecular formula is C13H12O5. The van der Waals surface area contributed by atoms with Gasteiger partial charge in [0.2, 0.25) is 17.7 Å². The van der Waals surface area contributed by atoms with E-state index in [0.717, 1.165) is 0 Å². The minimum Gasteiger partial charge on any atom is -0.507 e. The van der Waals surface area contributed by atoms with Crippen molar-refractivity contribution in [1.82, 2.24) is 0 Å². The number of rotatable bonds is 2. The molecule has 1 aromatic rings. The van der Waals surface area contributed by atoms with Crippen LogP contribution in [0, 0.1) is 5.92 Å². The fraction of sp³-hybridized carbons (Fsp3) is 0.308. The third kappa shape index (κ3) is 1.77. The average Bonchev–Trinajstić information content (AvgIpc) is 2.55. The molecule has 0 saturated carbocycles. The van der Waals surface area contributed by atoms with Crippen LogP contribution in [-0.2, 0) is 9.53 Å². The van der Waals surface area contributed by atoms with Gasteiger partial charge in [0.15, 0.2) is 0 Å². The summed E-state index contributed by atoms with van der Waals surface area (Å²) >= 11 is 0. The lowest BCUT2D eigenvalue weighted by molar-refractivity contribution is -0.148. The van der Waals surface area contributed by atoms with E-state index in [-0.39, 0.29) is 16.9 Å². The van der Waals surface area contributed by atoms with E-state index in [0.29, 0.717) is 0 Å². The Labute approximate surface area is 103 Å². The van der Waals surface area contributed by atoms with Crippen LogP contribution in [-0.4, -0.2) is 28.7 Å². The van der Waals surface area contributed by atoms with Crippen molar-refractivity contribution >= 4 is 17.5 Å². The smallest absolute Gasteiger partial charge is 0.309 e. The highest BCUT2D eigenvalue weighted by molar-refractivity contribution is 6.30. The van der Waals surface area contributed by atoms with Crippen LogP contribution in [0.3, 0.4) is 0 Å². The van der Waals surface area contributed by atoms with Crippen LogP contribution >= 0.6 is 0 Å². The molecule has 5 nitrogen and oxygen atoms in total. The molecule has 0 fully saturated rings. The zero-order chi connectivity index (χ0) is 13.4. The van der Waals surface area contributed by atoms with Crippen LogP contribution in [0.1, 0.15) is 34.6 Å². The third-order valence-electron chi connectivity index (χ3n) is 2.74. The van der Waals surface area contributed by atoms with Crippen molar-refractivity contribution in [3.8, 4) is 5.75 Å². The number of hydrogen-bond acceptors (Lipinski definition) is 5. The molecule has 1 aliphatic carbocycles. The molecule has 0 aliphatic heterocycles. The van der Waals surface area contributed by atoms with Crippen LogP contribution in [0.2, 0.25) is 0 Å². The summed E-state index contributed by atoms with van der Waals surface area (Å²) in [6.45, 7) is 3.22. The van der Waals surface area contributed by atoms with Gasteiger partial charge in [-0.25, -0.2) is 0 Å². The molecule has 0 radical (unpaired) electrons. The highest BCUT2D eigenvalue weighted by Gasteiger charge is 2.43. The Morgan fingerprint density at radius 2 is 1.94 bits per heavy atom. The highest BCUT2D eigenvalue weighted by atomic mass is 16.6. The zero-order valence-electron chi connectivity index (χ0n) is 9.97. The fourth-order valence-corrected chi connectivity index (χ4v) is 1.76. The summed E-state index contributed by atoms with van der Waals surface area (Å²) in [5, 5.41) is 9.57. The van der Waals surface area contributed by atoms with E-state index in [1.807, 2.05) is 0 Å². The van der Waals surface area contributed by atoms with Gasteiger partial charge in [0.1, 0.15) is 5.75 Å². The van der Waals surface area contributed by atoms with Crippen LogP contribution in [0.5, 0.6) is 5.75 Å². The second-order valence-corrected chi connectivity index (χ2v) is 4.40. The number of phenolic OH excluding ortho intramolecular Hbond substituents is 1. The Morgan fingerprint density at radius 3 is 2.50 bits per heavy atom. The quantitative estimate of drug-likeness (QED) is 0.631. The van der Waals surface area contributed by atoms with Crippen molar-refractivity contribution in [2.75, 3.05) is 0 Å². The summed E-state index contributed by atoms with van der Waals surface area (Å²) in [6.07, 6.45) is -1.46. The van der Waals surface area contributed by atoms with Crippen LogP contribution in [0.15, 0.2) is 18.2 Å². The van der Waals surface area contributed by atoms with E-state index in [1.165, 1.54) is 18.2 Å². The van der Waals surface area contributed by atoms with Gasteiger partial charge in [-0.3, -0.25) is 14.4 Å². The molecule has 0 aromatic heterocycles. The molecule has 0 amide bonds. The first-order valence-corrected chi connectivity index (χ1v) is 5.54. The summed E-state index contributed by atoms with van der Waals surface area (Å²) in [4.78, 5) is 35.3. The van der Waals surface area contributed by atoms with Crippen molar-refractivity contribution in [2.45, 2.75) is 20.0 Å². The maximum absolute atomic E-state index is 11.9. The number of aromatic hydroxyl groups is 1. The lowest BCUT2D eigenvalue weighted by Gasteiger charge is -2.10. The van der Waals surface area contributed by atoms with Crippen LogP contribution in [0.25, 0.3) is 0 Å². The van der Waals surface area contributed by atoms with E-state index >= 15 is 0 Å². The van der Waals surface area contributed by atoms with Gasteiger partial charge in [-0.05, 0) is 6.07 Å². The Morgan fingerprint density at radius 1 is 1.28 bits per heavy atom. The second-order valence-electron chi connectivity index (χ2n) is 4.40. The van der Waals surface area contributed by atoms with Crippen molar-refractivity contribution in [2.24, 2.45) is 5.92 Å². The number of ketones is 2. The lowest BCUT2D eigenvalue weighted by Crippen LogP contribution is -2.30. The molecule has 1 N–H and O–H groups in total. The van der Waals surface area contributed by atoms with Gasteiger partial charge in [0.05, 0.1) is 11.5 Å². The van der Waals surface area contributed by atoms with Crippen molar-refractivity contribution in [3.63, 3.8) is 0 Å². The lowest BCUT2D eigenvalue weighted by atomic mass is 10.1. The van der Waals surface area contributed by atoms with E-state index in [4.69, 9.17) is 4.74 Å². The van der Waals surface area contributed by atoms with Gasteiger partial charge >= 0.3 is 5.97 Å². The van der Waals surface area contributed by atoms with Crippen LogP contribution < -0.4 is 0 Å². The number of Topliss-reactive ketones (excluding diaryl/α,β-unsaturated/α-hetero) is 2. The number of phenols is 1. The van der Waals surface area contributed by atoms with Crippen LogP contribution in [0.4, 0.5) is 0 Å². The molecule has 5 heteroatoms. The van der Waals surface area contributed by atoms with E-state index < -0.39 is 29.6 Å². The summed E-state index contributed by atoms with van der Waals surface area (Å²) in [5.41, 5.74) is 0.0330. The predicted molar refractivity (Wildman–Crippen MR) is 61.5 cm³/mol. The number of carbonyl (C=O) groups excluding carboxylic acids is 3. The Bertz CT molecular complexity index is 544. The summed E-state index contributed by atoms with van der Waals surface area (Å²) in [5.74, 6) is -2.56. The summed E-state index contributed by atoms with van der Waals surface area (Å²) in [6, 6.07) is 4.21. The molecule has 18 heavy (non-hydrogen) atoms. The van der Waals surface area contributed by atoms with Gasteiger partial charge in [0.25, 0.3) is 0 Å². The first-order chi connectivity index (χ1) is 8.43. The Balaban J connectivity index is 2.35. The Hall–Kier alpha value is -2.17. The number of hydrogen-bond donors (Lipinski definition) is 1. The number of benzene rings is 1. The summed E-state index contributed by atoms with van der Waals surface area (Å²) in [7, 11) is 0. The molecule has 94 valence electrons. The van der Waals surface area contributed by atoms with E-state index in [9.17, 15) is 19.5 Å². The molecule has 1 aliphatic rings. The first kappa shape index (κ1) is 12.3. The molecular weight excluding hydrogens is 236 g/mol. The number of carbonyl (C=O) groups is 3. The Kier molecular flexibility index (Phi) is 2.90. The van der Waals surface area contributed by atoms with Gasteiger partial charge in [-0.15, -0.1) is 0 Å². The molecule has 2 rings (SSSR count). The van der Waals surface area contributed by atoms with Crippen molar-refractivity contribution in [1.29, 1.82) is 0 Å². The molecule has 0 saturated heterocycles. The minimum atomic E-state index is -1.46. The average molecular weight is 248 g/mol. The van der Waals surface area contributed by atoms with E-state index in [2.05, 4.69) is 0 Å².